The molecule has 1 aromatic heterocycles. The van der Waals surface area contributed by atoms with Crippen LogP contribution in [-0.2, 0) is 0 Å². The van der Waals surface area contributed by atoms with E-state index in [0.717, 1.165) is 0 Å². The molecular weight excluding hydrogens is 278 g/mol. The van der Waals surface area contributed by atoms with Gasteiger partial charge in [0.05, 0.1) is 19.8 Å². The molecule has 0 bridgehead atoms. The zero-order valence-corrected chi connectivity index (χ0v) is 11.1. The highest BCUT2D eigenvalue weighted by molar-refractivity contribution is 5.95. The number of hydrogen-bond acceptors (Lipinski definition) is 7. The van der Waals surface area contributed by atoms with Crippen molar-refractivity contribution in [1.82, 2.24) is 15.5 Å². The zero-order valence-electron chi connectivity index (χ0n) is 11.1. The van der Waals surface area contributed by atoms with E-state index < -0.39 is 31.3 Å². The minimum Gasteiger partial charge on any atom is -0.423 e. The SMILES string of the molecule is O=C(NC(CO)(CO)CO)c1ccc(-c2nnco2)cc1. The Bertz CT molecular complexity index is 570. The number of nitrogens with one attached hydrogen (secondary N) is 1. The van der Waals surface area contributed by atoms with Crippen LogP contribution in [0.1, 0.15) is 10.4 Å². The van der Waals surface area contributed by atoms with Crippen LogP contribution in [0.5, 0.6) is 0 Å². The number of carbonyl (C=O) groups excluding carboxylic acids is 1. The molecule has 0 aliphatic carbocycles. The van der Waals surface area contributed by atoms with Crippen molar-refractivity contribution in [3.05, 3.63) is 36.2 Å². The van der Waals surface area contributed by atoms with Crippen molar-refractivity contribution in [3.63, 3.8) is 0 Å². The van der Waals surface area contributed by atoms with E-state index >= 15 is 0 Å². The normalized spacial score (nSPS) is 11.4. The molecule has 0 aliphatic rings. The Kier molecular flexibility index (Phi) is 4.63. The molecule has 0 saturated carbocycles. The molecule has 112 valence electrons. The maximum Gasteiger partial charge on any atom is 0.251 e. The molecule has 0 unspecified atom stereocenters. The molecule has 8 nitrogen and oxygen atoms in total. The number of carbonyl (C=O) groups is 1. The van der Waals surface area contributed by atoms with Gasteiger partial charge in [-0.3, -0.25) is 4.79 Å². The molecule has 0 spiro atoms. The fourth-order valence-electron chi connectivity index (χ4n) is 1.64. The van der Waals surface area contributed by atoms with E-state index in [4.69, 9.17) is 4.42 Å². The van der Waals surface area contributed by atoms with Crippen LogP contribution >= 0.6 is 0 Å². The third-order valence-electron chi connectivity index (χ3n) is 3.04. The van der Waals surface area contributed by atoms with Gasteiger partial charge in [-0.2, -0.15) is 0 Å². The largest absolute Gasteiger partial charge is 0.423 e. The highest BCUT2D eigenvalue weighted by Crippen LogP contribution is 2.17. The maximum absolute atomic E-state index is 12.0. The Morgan fingerprint density at radius 1 is 1.14 bits per heavy atom. The topological polar surface area (TPSA) is 129 Å². The standard InChI is InChI=1S/C13H15N3O5/c17-5-13(6-18,7-19)15-11(20)9-1-3-10(4-2-9)12-16-14-8-21-12/h1-4,8,17-19H,5-7H2,(H,15,20). The molecule has 1 aromatic carbocycles. The van der Waals surface area contributed by atoms with Crippen LogP contribution in [0.4, 0.5) is 0 Å². The number of aliphatic hydroxyl groups excluding tert-OH is 3. The number of benzene rings is 1. The summed E-state index contributed by atoms with van der Waals surface area (Å²) in [4.78, 5) is 12.0. The molecule has 0 aliphatic heterocycles. The Morgan fingerprint density at radius 3 is 2.24 bits per heavy atom. The average molecular weight is 293 g/mol. The summed E-state index contributed by atoms with van der Waals surface area (Å²) in [5.74, 6) is -0.193. The number of nitrogens with zero attached hydrogens (tertiary/aromatic N) is 2. The molecule has 2 rings (SSSR count). The minimum absolute atomic E-state index is 0.304. The van der Waals surface area contributed by atoms with Gasteiger partial charge in [0.15, 0.2) is 0 Å². The third kappa shape index (κ3) is 3.24. The highest BCUT2D eigenvalue weighted by atomic mass is 16.4. The van der Waals surface area contributed by atoms with E-state index in [1.54, 1.807) is 12.1 Å². The monoisotopic (exact) mass is 293 g/mol. The molecule has 8 heteroatoms. The fourth-order valence-corrected chi connectivity index (χ4v) is 1.64. The van der Waals surface area contributed by atoms with E-state index in [1.807, 2.05) is 0 Å². The van der Waals surface area contributed by atoms with Crippen LogP contribution in [0.25, 0.3) is 11.5 Å². The van der Waals surface area contributed by atoms with Crippen LogP contribution in [-0.4, -0.2) is 56.8 Å². The molecule has 1 heterocycles. The van der Waals surface area contributed by atoms with Crippen molar-refractivity contribution in [1.29, 1.82) is 0 Å². The van der Waals surface area contributed by atoms with E-state index in [9.17, 15) is 20.1 Å². The van der Waals surface area contributed by atoms with Gasteiger partial charge in [0.1, 0.15) is 5.54 Å². The van der Waals surface area contributed by atoms with Crippen LogP contribution in [0, 0.1) is 0 Å². The first-order valence-corrected chi connectivity index (χ1v) is 6.16. The maximum atomic E-state index is 12.0. The summed E-state index contributed by atoms with van der Waals surface area (Å²) in [6.45, 7) is -1.73. The summed E-state index contributed by atoms with van der Waals surface area (Å²) in [5, 5.41) is 37.2. The lowest BCUT2D eigenvalue weighted by molar-refractivity contribution is 0.0375. The lowest BCUT2D eigenvalue weighted by atomic mass is 10.0. The van der Waals surface area contributed by atoms with Crippen LogP contribution in [0.2, 0.25) is 0 Å². The Balaban J connectivity index is 2.13. The summed E-state index contributed by atoms with van der Waals surface area (Å²) in [6, 6.07) is 6.32. The minimum atomic E-state index is -1.46. The second-order valence-corrected chi connectivity index (χ2v) is 4.53. The zero-order chi connectivity index (χ0) is 15.3. The molecular formula is C13H15N3O5. The molecule has 0 fully saturated rings. The van der Waals surface area contributed by atoms with Gasteiger partial charge in [0.25, 0.3) is 5.91 Å². The lowest BCUT2D eigenvalue weighted by Crippen LogP contribution is -2.57. The van der Waals surface area contributed by atoms with Crippen LogP contribution in [0.3, 0.4) is 0 Å². The number of amides is 1. The van der Waals surface area contributed by atoms with Gasteiger partial charge in [0.2, 0.25) is 12.3 Å². The molecule has 0 radical (unpaired) electrons. The second-order valence-electron chi connectivity index (χ2n) is 4.53. The van der Waals surface area contributed by atoms with Gasteiger partial charge in [0, 0.05) is 11.1 Å². The number of aliphatic hydroxyl groups is 3. The molecule has 2 aromatic rings. The van der Waals surface area contributed by atoms with Crippen LogP contribution < -0.4 is 5.32 Å². The third-order valence-corrected chi connectivity index (χ3v) is 3.04. The van der Waals surface area contributed by atoms with Gasteiger partial charge in [-0.05, 0) is 24.3 Å². The molecule has 1 amide bonds. The van der Waals surface area contributed by atoms with Crippen molar-refractivity contribution in [2.45, 2.75) is 5.54 Å². The van der Waals surface area contributed by atoms with Crippen molar-refractivity contribution in [2.24, 2.45) is 0 Å². The first-order chi connectivity index (χ1) is 10.1. The first kappa shape index (κ1) is 15.1. The smallest absolute Gasteiger partial charge is 0.251 e. The number of hydrogen-bond donors (Lipinski definition) is 4. The Morgan fingerprint density at radius 2 is 1.76 bits per heavy atom. The fraction of sp³-hybridized carbons (Fsp3) is 0.308. The Hall–Kier alpha value is -2.29. The van der Waals surface area contributed by atoms with E-state index in [0.29, 0.717) is 17.0 Å². The summed E-state index contributed by atoms with van der Waals surface area (Å²) in [7, 11) is 0. The predicted octanol–water partition coefficient (Wildman–Crippen LogP) is -0.818. The Labute approximate surface area is 120 Å². The van der Waals surface area contributed by atoms with Gasteiger partial charge in [-0.1, -0.05) is 0 Å². The summed E-state index contributed by atoms with van der Waals surface area (Å²) >= 11 is 0. The summed E-state index contributed by atoms with van der Waals surface area (Å²) in [5.41, 5.74) is -0.498. The number of rotatable bonds is 6. The molecule has 0 saturated heterocycles. The number of aromatic nitrogens is 2. The van der Waals surface area contributed by atoms with Gasteiger partial charge < -0.3 is 25.1 Å². The van der Waals surface area contributed by atoms with Crippen molar-refractivity contribution in [3.8, 4) is 11.5 Å². The van der Waals surface area contributed by atoms with Crippen molar-refractivity contribution < 1.29 is 24.5 Å². The van der Waals surface area contributed by atoms with Gasteiger partial charge in [-0.15, -0.1) is 10.2 Å². The lowest BCUT2D eigenvalue weighted by Gasteiger charge is -2.28. The van der Waals surface area contributed by atoms with Crippen molar-refractivity contribution >= 4 is 5.91 Å². The molecule has 4 N–H and O–H groups in total. The average Bonchev–Trinajstić information content (AvgIpc) is 3.07. The van der Waals surface area contributed by atoms with E-state index in [2.05, 4.69) is 15.5 Å². The van der Waals surface area contributed by atoms with E-state index in [-0.39, 0.29) is 0 Å². The van der Waals surface area contributed by atoms with Crippen molar-refractivity contribution in [2.75, 3.05) is 19.8 Å². The summed E-state index contributed by atoms with van der Waals surface area (Å²) < 4.78 is 5.03. The highest BCUT2D eigenvalue weighted by Gasteiger charge is 2.30. The van der Waals surface area contributed by atoms with Crippen LogP contribution in [0.15, 0.2) is 35.1 Å². The summed E-state index contributed by atoms with van der Waals surface area (Å²) in [6.07, 6.45) is 1.20. The first-order valence-electron chi connectivity index (χ1n) is 6.16. The van der Waals surface area contributed by atoms with Gasteiger partial charge in [-0.25, -0.2) is 0 Å². The quantitative estimate of drug-likeness (QED) is 0.547. The van der Waals surface area contributed by atoms with Gasteiger partial charge >= 0.3 is 0 Å². The van der Waals surface area contributed by atoms with E-state index in [1.165, 1.54) is 18.5 Å². The molecule has 0 atom stereocenters. The second kappa shape index (κ2) is 6.44. The predicted molar refractivity (Wildman–Crippen MR) is 71.2 cm³/mol. The molecule has 21 heavy (non-hydrogen) atoms.